The first-order valence-corrected chi connectivity index (χ1v) is 8.09. The first kappa shape index (κ1) is 14.7. The van der Waals surface area contributed by atoms with Gasteiger partial charge in [0, 0.05) is 52.6 Å². The van der Waals surface area contributed by atoms with Gasteiger partial charge in [0.2, 0.25) is 0 Å². The third-order valence-electron chi connectivity index (χ3n) is 4.39. The van der Waals surface area contributed by atoms with Crippen LogP contribution in [0.3, 0.4) is 0 Å². The van der Waals surface area contributed by atoms with E-state index < -0.39 is 0 Å². The van der Waals surface area contributed by atoms with Crippen molar-refractivity contribution in [3.63, 3.8) is 0 Å². The Hall–Kier alpha value is -2.85. The minimum atomic E-state index is -0.0663. The predicted octanol–water partition coefficient (Wildman–Crippen LogP) is 3.52. The number of carbonyl (C=O) groups is 1. The zero-order valence-electron chi connectivity index (χ0n) is 13.2. The summed E-state index contributed by atoms with van der Waals surface area (Å²) in [6.45, 7) is 0.918. The number of aliphatic hydroxyl groups excluding tert-OH is 1. The van der Waals surface area contributed by atoms with Gasteiger partial charge in [0.05, 0.1) is 0 Å². The van der Waals surface area contributed by atoms with E-state index in [2.05, 4.69) is 28.2 Å². The molecule has 1 amide bonds. The number of aryl methyl sites for hydroxylation is 1. The SMILES string of the molecule is O=C1Nc2ccccc2/C1=C/c1cn(CCCO)c2ccccc12. The van der Waals surface area contributed by atoms with E-state index in [9.17, 15) is 4.79 Å². The molecule has 0 bridgehead atoms. The lowest BCUT2D eigenvalue weighted by Gasteiger charge is -2.02. The number of fused-ring (bicyclic) bond motifs is 2. The molecule has 0 atom stereocenters. The van der Waals surface area contributed by atoms with E-state index in [1.165, 1.54) is 0 Å². The number of amides is 1. The smallest absolute Gasteiger partial charge is 0.256 e. The van der Waals surface area contributed by atoms with Crippen molar-refractivity contribution in [1.82, 2.24) is 4.57 Å². The Morgan fingerprint density at radius 3 is 2.75 bits per heavy atom. The number of aliphatic hydroxyl groups is 1. The van der Waals surface area contributed by atoms with Gasteiger partial charge in [-0.3, -0.25) is 4.79 Å². The molecule has 4 rings (SSSR count). The van der Waals surface area contributed by atoms with Crippen LogP contribution in [-0.2, 0) is 11.3 Å². The van der Waals surface area contributed by atoms with E-state index in [4.69, 9.17) is 5.11 Å². The number of hydrogen-bond acceptors (Lipinski definition) is 2. The number of nitrogens with one attached hydrogen (secondary N) is 1. The van der Waals surface area contributed by atoms with Gasteiger partial charge in [-0.2, -0.15) is 0 Å². The molecule has 1 aliphatic heterocycles. The Labute approximate surface area is 140 Å². The molecule has 120 valence electrons. The van der Waals surface area contributed by atoms with Crippen LogP contribution in [0, 0.1) is 0 Å². The van der Waals surface area contributed by atoms with Crippen molar-refractivity contribution in [3.8, 4) is 0 Å². The average molecular weight is 318 g/mol. The molecule has 1 aromatic heterocycles. The van der Waals surface area contributed by atoms with Crippen LogP contribution in [0.4, 0.5) is 5.69 Å². The first-order chi connectivity index (χ1) is 11.8. The number of benzene rings is 2. The summed E-state index contributed by atoms with van der Waals surface area (Å²) in [5.41, 5.74) is 4.62. The van der Waals surface area contributed by atoms with Crippen molar-refractivity contribution in [2.24, 2.45) is 0 Å². The highest BCUT2D eigenvalue weighted by Gasteiger charge is 2.23. The van der Waals surface area contributed by atoms with Crippen molar-refractivity contribution >= 4 is 34.1 Å². The topological polar surface area (TPSA) is 54.3 Å². The minimum Gasteiger partial charge on any atom is -0.396 e. The van der Waals surface area contributed by atoms with E-state index in [1.54, 1.807) is 0 Å². The lowest BCUT2D eigenvalue weighted by atomic mass is 10.0. The molecular formula is C20H18N2O2. The Balaban J connectivity index is 1.84. The molecule has 0 aliphatic carbocycles. The number of anilines is 1. The molecule has 2 aromatic carbocycles. The van der Waals surface area contributed by atoms with E-state index in [0.717, 1.165) is 34.3 Å². The maximum atomic E-state index is 12.3. The van der Waals surface area contributed by atoms with Crippen molar-refractivity contribution in [2.75, 3.05) is 11.9 Å². The second-order valence-electron chi connectivity index (χ2n) is 5.93. The molecule has 1 aliphatic rings. The largest absolute Gasteiger partial charge is 0.396 e. The lowest BCUT2D eigenvalue weighted by molar-refractivity contribution is -0.110. The van der Waals surface area contributed by atoms with Gasteiger partial charge < -0.3 is 15.0 Å². The standard InChI is InChI=1S/C20H18N2O2/c23-11-5-10-22-13-14(15-6-2-4-9-19(15)22)12-17-16-7-1-3-8-18(16)21-20(17)24/h1-4,6-9,12-13,23H,5,10-11H2,(H,21,24)/b17-12-. The van der Waals surface area contributed by atoms with Gasteiger partial charge in [-0.05, 0) is 24.6 Å². The molecule has 4 nitrogen and oxygen atoms in total. The maximum Gasteiger partial charge on any atom is 0.256 e. The van der Waals surface area contributed by atoms with Gasteiger partial charge in [0.1, 0.15) is 0 Å². The van der Waals surface area contributed by atoms with Crippen LogP contribution >= 0.6 is 0 Å². The van der Waals surface area contributed by atoms with E-state index >= 15 is 0 Å². The lowest BCUT2D eigenvalue weighted by Crippen LogP contribution is -2.03. The summed E-state index contributed by atoms with van der Waals surface area (Å²) in [6, 6.07) is 15.9. The molecule has 24 heavy (non-hydrogen) atoms. The molecule has 3 aromatic rings. The summed E-state index contributed by atoms with van der Waals surface area (Å²) in [7, 11) is 0. The number of para-hydroxylation sites is 2. The van der Waals surface area contributed by atoms with Gasteiger partial charge in [0.15, 0.2) is 0 Å². The fourth-order valence-corrected chi connectivity index (χ4v) is 3.25. The zero-order valence-corrected chi connectivity index (χ0v) is 13.2. The number of hydrogen-bond donors (Lipinski definition) is 2. The van der Waals surface area contributed by atoms with Crippen LogP contribution in [0.1, 0.15) is 17.5 Å². The number of nitrogens with zero attached hydrogens (tertiary/aromatic N) is 1. The summed E-state index contributed by atoms with van der Waals surface area (Å²) >= 11 is 0. The van der Waals surface area contributed by atoms with E-state index in [0.29, 0.717) is 12.0 Å². The highest BCUT2D eigenvalue weighted by atomic mass is 16.3. The Morgan fingerprint density at radius 1 is 1.08 bits per heavy atom. The molecule has 4 heteroatoms. The molecule has 0 fully saturated rings. The van der Waals surface area contributed by atoms with E-state index in [1.807, 2.05) is 42.5 Å². The quantitative estimate of drug-likeness (QED) is 0.723. The second-order valence-corrected chi connectivity index (χ2v) is 5.93. The number of carbonyl (C=O) groups excluding carboxylic acids is 1. The van der Waals surface area contributed by atoms with Crippen molar-refractivity contribution in [2.45, 2.75) is 13.0 Å². The van der Waals surface area contributed by atoms with Crippen LogP contribution in [0.15, 0.2) is 54.7 Å². The van der Waals surface area contributed by atoms with Gasteiger partial charge >= 0.3 is 0 Å². The van der Waals surface area contributed by atoms with Crippen molar-refractivity contribution < 1.29 is 9.90 Å². The summed E-state index contributed by atoms with van der Waals surface area (Å²) in [6.07, 6.45) is 4.72. The fourth-order valence-electron chi connectivity index (χ4n) is 3.25. The molecule has 0 radical (unpaired) electrons. The number of aromatic nitrogens is 1. The fraction of sp³-hybridized carbons (Fsp3) is 0.150. The molecule has 0 unspecified atom stereocenters. The Kier molecular flexibility index (Phi) is 3.67. The van der Waals surface area contributed by atoms with Gasteiger partial charge in [-0.1, -0.05) is 36.4 Å². The van der Waals surface area contributed by atoms with Crippen LogP contribution in [0.25, 0.3) is 22.6 Å². The molecule has 0 saturated heterocycles. The minimum absolute atomic E-state index is 0.0663. The third kappa shape index (κ3) is 2.41. The molecule has 2 heterocycles. The summed E-state index contributed by atoms with van der Waals surface area (Å²) in [5.74, 6) is -0.0663. The van der Waals surface area contributed by atoms with Gasteiger partial charge in [-0.15, -0.1) is 0 Å². The Morgan fingerprint density at radius 2 is 1.88 bits per heavy atom. The van der Waals surface area contributed by atoms with Crippen LogP contribution < -0.4 is 5.32 Å². The van der Waals surface area contributed by atoms with Crippen molar-refractivity contribution in [1.29, 1.82) is 0 Å². The highest BCUT2D eigenvalue weighted by molar-refractivity contribution is 6.35. The summed E-state index contributed by atoms with van der Waals surface area (Å²) in [5, 5.41) is 13.1. The van der Waals surface area contributed by atoms with Crippen LogP contribution in [-0.4, -0.2) is 22.2 Å². The summed E-state index contributed by atoms with van der Waals surface area (Å²) < 4.78 is 2.14. The summed E-state index contributed by atoms with van der Waals surface area (Å²) in [4.78, 5) is 12.3. The third-order valence-corrected chi connectivity index (χ3v) is 4.39. The maximum absolute atomic E-state index is 12.3. The molecule has 2 N–H and O–H groups in total. The normalized spacial score (nSPS) is 15.0. The monoisotopic (exact) mass is 318 g/mol. The first-order valence-electron chi connectivity index (χ1n) is 8.09. The molecule has 0 saturated carbocycles. The van der Waals surface area contributed by atoms with Crippen molar-refractivity contribution in [3.05, 3.63) is 65.9 Å². The van der Waals surface area contributed by atoms with Crippen LogP contribution in [0.2, 0.25) is 0 Å². The van der Waals surface area contributed by atoms with Gasteiger partial charge in [0.25, 0.3) is 5.91 Å². The second kappa shape index (κ2) is 5.98. The molecular weight excluding hydrogens is 300 g/mol. The van der Waals surface area contributed by atoms with Gasteiger partial charge in [-0.25, -0.2) is 0 Å². The highest BCUT2D eigenvalue weighted by Crippen LogP contribution is 2.34. The predicted molar refractivity (Wildman–Crippen MR) is 96.6 cm³/mol. The zero-order chi connectivity index (χ0) is 16.5. The number of rotatable bonds is 4. The van der Waals surface area contributed by atoms with E-state index in [-0.39, 0.29) is 12.5 Å². The Bertz CT molecular complexity index is 953. The average Bonchev–Trinajstić information content (AvgIpc) is 3.12. The molecule has 0 spiro atoms. The van der Waals surface area contributed by atoms with Crippen LogP contribution in [0.5, 0.6) is 0 Å².